The van der Waals surface area contributed by atoms with Gasteiger partial charge in [-0.2, -0.15) is 0 Å². The lowest BCUT2D eigenvalue weighted by Crippen LogP contribution is -2.01. The van der Waals surface area contributed by atoms with E-state index in [9.17, 15) is 0 Å². The molecule has 0 saturated carbocycles. The van der Waals surface area contributed by atoms with Crippen molar-refractivity contribution >= 4 is 103 Å². The third-order valence-electron chi connectivity index (χ3n) is 11.6. The zero-order valence-corrected chi connectivity index (χ0v) is 30.6. The molecule has 0 saturated heterocycles. The fraction of sp³-hybridized carbons (Fsp3) is 0.0612. The minimum atomic E-state index is 0.530. The summed E-state index contributed by atoms with van der Waals surface area (Å²) in [5.41, 5.74) is 11.2. The Labute approximate surface area is 314 Å². The van der Waals surface area contributed by atoms with Crippen LogP contribution in [-0.2, 0) is 0 Å². The highest BCUT2D eigenvalue weighted by molar-refractivity contribution is 7.26. The second-order valence-electron chi connectivity index (χ2n) is 14.4. The van der Waals surface area contributed by atoms with E-state index in [1.807, 2.05) is 22.7 Å². The molecule has 1 aliphatic carbocycles. The number of para-hydroxylation sites is 4. The molecule has 0 radical (unpaired) electrons. The zero-order chi connectivity index (χ0) is 34.8. The van der Waals surface area contributed by atoms with Crippen molar-refractivity contribution in [2.75, 3.05) is 0 Å². The van der Waals surface area contributed by atoms with Gasteiger partial charge >= 0.3 is 0 Å². The summed E-state index contributed by atoms with van der Waals surface area (Å²) in [6.45, 7) is 2.37. The molecule has 0 N–H and O–H groups in total. The van der Waals surface area contributed by atoms with E-state index in [0.717, 1.165) is 6.42 Å². The molecule has 12 rings (SSSR count). The molecule has 0 amide bonds. The summed E-state index contributed by atoms with van der Waals surface area (Å²) >= 11 is 3.87. The minimum absolute atomic E-state index is 0.530. The van der Waals surface area contributed by atoms with Gasteiger partial charge in [0.15, 0.2) is 0 Å². The van der Waals surface area contributed by atoms with Crippen molar-refractivity contribution in [2.45, 2.75) is 19.3 Å². The second-order valence-corrected chi connectivity index (χ2v) is 16.5. The van der Waals surface area contributed by atoms with Gasteiger partial charge in [-0.05, 0) is 71.8 Å². The summed E-state index contributed by atoms with van der Waals surface area (Å²) in [7, 11) is 0. The summed E-state index contributed by atoms with van der Waals surface area (Å²) in [5, 5.41) is 9.36. The maximum absolute atomic E-state index is 2.51. The molecule has 0 fully saturated rings. The lowest BCUT2D eigenvalue weighted by atomic mass is 9.90. The number of aromatic nitrogens is 2. The molecule has 11 aromatic rings. The molecule has 1 aliphatic rings. The molecule has 1 atom stereocenters. The summed E-state index contributed by atoms with van der Waals surface area (Å²) < 4.78 is 9.10. The van der Waals surface area contributed by atoms with Gasteiger partial charge in [0.1, 0.15) is 0 Å². The predicted molar refractivity (Wildman–Crippen MR) is 231 cm³/mol. The van der Waals surface area contributed by atoms with E-state index in [-0.39, 0.29) is 0 Å². The third kappa shape index (κ3) is 4.02. The molecule has 53 heavy (non-hydrogen) atoms. The molecule has 1 unspecified atom stereocenters. The standard InChI is InChI=1S/C49H32N2S2/c1-29-13-12-24-44-45(29)36-26-28-42-47(49(36)53-44)35-18-5-10-22-40(35)51(42)38-20-8-3-15-31(38)30-14-2-7-19-37(30)50-39-21-9-4-17-34(39)46-41(50)27-25-33-32-16-6-11-23-43(32)52-48(33)46/h2-12,14-29H,13H2,1H3. The van der Waals surface area contributed by atoms with Gasteiger partial charge in [-0.1, -0.05) is 116 Å². The van der Waals surface area contributed by atoms with Gasteiger partial charge in [0.2, 0.25) is 0 Å². The number of hydrogen-bond donors (Lipinski definition) is 0. The molecular weight excluding hydrogens is 681 g/mol. The van der Waals surface area contributed by atoms with E-state index in [0.29, 0.717) is 5.92 Å². The van der Waals surface area contributed by atoms with E-state index >= 15 is 0 Å². The first-order valence-electron chi connectivity index (χ1n) is 18.4. The van der Waals surface area contributed by atoms with Crippen LogP contribution in [0.4, 0.5) is 0 Å². The van der Waals surface area contributed by atoms with Crippen molar-refractivity contribution in [1.29, 1.82) is 0 Å². The van der Waals surface area contributed by atoms with Crippen LogP contribution in [0.1, 0.15) is 29.7 Å². The number of fused-ring (bicyclic) bond motifs is 14. The lowest BCUT2D eigenvalue weighted by molar-refractivity contribution is 0.783. The topological polar surface area (TPSA) is 9.86 Å². The van der Waals surface area contributed by atoms with Crippen molar-refractivity contribution < 1.29 is 0 Å². The van der Waals surface area contributed by atoms with Crippen LogP contribution in [0.25, 0.3) is 102 Å². The molecular formula is C49H32N2S2. The molecule has 0 bridgehead atoms. The van der Waals surface area contributed by atoms with Crippen molar-refractivity contribution in [3.05, 3.63) is 162 Å². The van der Waals surface area contributed by atoms with E-state index in [4.69, 9.17) is 0 Å². The van der Waals surface area contributed by atoms with Gasteiger partial charge < -0.3 is 9.13 Å². The highest BCUT2D eigenvalue weighted by Crippen LogP contribution is 2.48. The highest BCUT2D eigenvalue weighted by atomic mass is 32.1. The van der Waals surface area contributed by atoms with Gasteiger partial charge in [0.25, 0.3) is 0 Å². The Kier molecular flexibility index (Phi) is 6.17. The normalized spacial score (nSPS) is 14.5. The van der Waals surface area contributed by atoms with Crippen molar-refractivity contribution in [3.8, 4) is 22.5 Å². The third-order valence-corrected chi connectivity index (χ3v) is 14.0. The van der Waals surface area contributed by atoms with Crippen LogP contribution in [0.2, 0.25) is 0 Å². The van der Waals surface area contributed by atoms with Gasteiger partial charge in [-0.25, -0.2) is 0 Å². The fourth-order valence-corrected chi connectivity index (χ4v) is 12.0. The summed E-state index contributed by atoms with van der Waals surface area (Å²) in [5.74, 6) is 0.530. The van der Waals surface area contributed by atoms with Crippen molar-refractivity contribution in [1.82, 2.24) is 9.13 Å². The smallest absolute Gasteiger partial charge is 0.0556 e. The Morgan fingerprint density at radius 3 is 1.66 bits per heavy atom. The number of rotatable bonds is 3. The first kappa shape index (κ1) is 29.6. The fourth-order valence-electron chi connectivity index (χ4n) is 9.32. The average Bonchev–Trinajstić information content (AvgIpc) is 3.95. The zero-order valence-electron chi connectivity index (χ0n) is 29.0. The van der Waals surface area contributed by atoms with E-state index in [2.05, 4.69) is 174 Å². The molecule has 250 valence electrons. The van der Waals surface area contributed by atoms with Crippen molar-refractivity contribution in [2.24, 2.45) is 0 Å². The molecule has 4 aromatic heterocycles. The first-order chi connectivity index (χ1) is 26.2. The van der Waals surface area contributed by atoms with Crippen LogP contribution in [0.15, 0.2) is 152 Å². The van der Waals surface area contributed by atoms with Gasteiger partial charge in [-0.15, -0.1) is 22.7 Å². The number of thiophene rings is 2. The monoisotopic (exact) mass is 712 g/mol. The van der Waals surface area contributed by atoms with Crippen LogP contribution < -0.4 is 0 Å². The Bertz CT molecular complexity index is 3340. The number of hydrogen-bond acceptors (Lipinski definition) is 2. The largest absolute Gasteiger partial charge is 0.309 e. The van der Waals surface area contributed by atoms with Crippen LogP contribution in [0.3, 0.4) is 0 Å². The van der Waals surface area contributed by atoms with Crippen molar-refractivity contribution in [3.63, 3.8) is 0 Å². The first-order valence-corrected chi connectivity index (χ1v) is 20.1. The van der Waals surface area contributed by atoms with E-state index in [1.165, 1.54) is 107 Å². The molecule has 0 spiro atoms. The Balaban J connectivity index is 1.15. The van der Waals surface area contributed by atoms with Gasteiger partial charge in [0, 0.05) is 62.4 Å². The predicted octanol–water partition coefficient (Wildman–Crippen LogP) is 14.7. The average molecular weight is 713 g/mol. The maximum atomic E-state index is 2.51. The van der Waals surface area contributed by atoms with Crippen LogP contribution in [0, 0.1) is 0 Å². The summed E-state index contributed by atoms with van der Waals surface area (Å²) in [4.78, 5) is 1.41. The number of benzene rings is 7. The highest BCUT2D eigenvalue weighted by Gasteiger charge is 2.25. The summed E-state index contributed by atoms with van der Waals surface area (Å²) in [6, 6.07) is 54.1. The Hall–Kier alpha value is -5.94. The summed E-state index contributed by atoms with van der Waals surface area (Å²) in [6.07, 6.45) is 5.79. The number of nitrogens with zero attached hydrogens (tertiary/aromatic N) is 2. The molecule has 2 nitrogen and oxygen atoms in total. The number of allylic oxidation sites excluding steroid dienone is 1. The SMILES string of the molecule is CC1CC=Cc2sc3c(ccc4c3c3ccccc3n4-c3ccccc3-c3ccccc3-n3c4ccccc4c4c5sc6ccccc6c5ccc43)c21. The lowest BCUT2D eigenvalue weighted by Gasteiger charge is -2.18. The van der Waals surface area contributed by atoms with Gasteiger partial charge in [0.05, 0.1) is 33.4 Å². The van der Waals surface area contributed by atoms with E-state index in [1.54, 1.807) is 0 Å². The minimum Gasteiger partial charge on any atom is -0.309 e. The van der Waals surface area contributed by atoms with Crippen LogP contribution in [-0.4, -0.2) is 9.13 Å². The molecule has 7 aromatic carbocycles. The quantitative estimate of drug-likeness (QED) is 0.173. The molecule has 4 heterocycles. The van der Waals surface area contributed by atoms with Crippen LogP contribution >= 0.6 is 22.7 Å². The second kappa shape index (κ2) is 11.0. The van der Waals surface area contributed by atoms with E-state index < -0.39 is 0 Å². The van der Waals surface area contributed by atoms with Crippen LogP contribution in [0.5, 0.6) is 0 Å². The Morgan fingerprint density at radius 1 is 0.472 bits per heavy atom. The molecule has 0 aliphatic heterocycles. The Morgan fingerprint density at radius 2 is 1.00 bits per heavy atom. The maximum Gasteiger partial charge on any atom is 0.0556 e. The molecule has 4 heteroatoms. The van der Waals surface area contributed by atoms with Gasteiger partial charge in [-0.3, -0.25) is 0 Å².